The molecule has 144 valence electrons. The molecule has 3 aromatic rings. The second-order valence-electron chi connectivity index (χ2n) is 6.15. The van der Waals surface area contributed by atoms with Crippen molar-refractivity contribution >= 4 is 22.5 Å². The molecular formula is C21H21N3O4. The molecule has 1 aromatic heterocycles. The van der Waals surface area contributed by atoms with E-state index in [-0.39, 0.29) is 0 Å². The highest BCUT2D eigenvalue weighted by atomic mass is 16.5. The smallest absolute Gasteiger partial charge is 0.242 e. The second kappa shape index (κ2) is 8.35. The van der Waals surface area contributed by atoms with E-state index in [1.807, 2.05) is 30.5 Å². The van der Waals surface area contributed by atoms with Gasteiger partial charge in [0.25, 0.3) is 0 Å². The Morgan fingerprint density at radius 1 is 1.14 bits per heavy atom. The lowest BCUT2D eigenvalue weighted by atomic mass is 9.97. The highest BCUT2D eigenvalue weighted by molar-refractivity contribution is 5.95. The van der Waals surface area contributed by atoms with Crippen molar-refractivity contribution in [3.05, 3.63) is 48.2 Å². The topological polar surface area (TPSA) is 96.4 Å². The fourth-order valence-corrected chi connectivity index (χ4v) is 3.13. The van der Waals surface area contributed by atoms with Gasteiger partial charge in [-0.05, 0) is 24.1 Å². The largest absolute Gasteiger partial charge is 0.493 e. The molecule has 0 fully saturated rings. The molecule has 0 aliphatic heterocycles. The Morgan fingerprint density at radius 3 is 2.46 bits per heavy atom. The van der Waals surface area contributed by atoms with Gasteiger partial charge in [0, 0.05) is 34.9 Å². The number of nitrogens with one attached hydrogen (secondary N) is 2. The molecule has 7 heteroatoms. The van der Waals surface area contributed by atoms with Crippen molar-refractivity contribution in [1.29, 1.82) is 5.26 Å². The molecule has 0 aliphatic rings. The molecule has 2 N–H and O–H groups in total. The van der Waals surface area contributed by atoms with Crippen LogP contribution in [0.15, 0.2) is 42.6 Å². The summed E-state index contributed by atoms with van der Waals surface area (Å²) in [5, 5.41) is 13.3. The van der Waals surface area contributed by atoms with E-state index < -0.39 is 11.8 Å². The van der Waals surface area contributed by atoms with Crippen molar-refractivity contribution in [3.63, 3.8) is 0 Å². The number of hydrogen-bond donors (Lipinski definition) is 2. The standard InChI is InChI=1S/C21H21N3O4/c1-26-18-10-15(11-19(27-2)20(18)28-3)24-21(25)14(12-22)9-13-5-4-6-17-16(13)7-8-23-17/h4-8,10-11,14,23H,9H2,1-3H3,(H,24,25)/t14-/m0/s1. The lowest BCUT2D eigenvalue weighted by Crippen LogP contribution is -2.23. The normalized spacial score (nSPS) is 11.5. The number of aromatic nitrogens is 1. The summed E-state index contributed by atoms with van der Waals surface area (Å²) in [6, 6.07) is 13.1. The molecule has 1 heterocycles. The highest BCUT2D eigenvalue weighted by Crippen LogP contribution is 2.40. The summed E-state index contributed by atoms with van der Waals surface area (Å²) in [6.45, 7) is 0. The van der Waals surface area contributed by atoms with E-state index in [1.54, 1.807) is 12.1 Å². The third-order valence-corrected chi connectivity index (χ3v) is 4.51. The molecule has 0 bridgehead atoms. The Kier molecular flexibility index (Phi) is 5.70. The van der Waals surface area contributed by atoms with Crippen LogP contribution in [0.5, 0.6) is 17.2 Å². The van der Waals surface area contributed by atoms with Gasteiger partial charge in [-0.2, -0.15) is 5.26 Å². The van der Waals surface area contributed by atoms with E-state index in [1.165, 1.54) is 21.3 Å². The zero-order chi connectivity index (χ0) is 20.1. The first-order valence-electron chi connectivity index (χ1n) is 8.66. The van der Waals surface area contributed by atoms with Gasteiger partial charge in [-0.3, -0.25) is 4.79 Å². The maximum atomic E-state index is 12.7. The predicted molar refractivity (Wildman–Crippen MR) is 106 cm³/mol. The average Bonchev–Trinajstić information content (AvgIpc) is 3.20. The molecule has 0 unspecified atom stereocenters. The Bertz CT molecular complexity index is 1010. The Labute approximate surface area is 162 Å². The lowest BCUT2D eigenvalue weighted by molar-refractivity contribution is -0.118. The van der Waals surface area contributed by atoms with Crippen molar-refractivity contribution in [2.75, 3.05) is 26.6 Å². The number of hydrogen-bond acceptors (Lipinski definition) is 5. The van der Waals surface area contributed by atoms with E-state index in [0.29, 0.717) is 29.4 Å². The number of fused-ring (bicyclic) bond motifs is 1. The van der Waals surface area contributed by atoms with Crippen LogP contribution in [0, 0.1) is 17.2 Å². The van der Waals surface area contributed by atoms with E-state index in [9.17, 15) is 10.1 Å². The van der Waals surface area contributed by atoms with Crippen LogP contribution >= 0.6 is 0 Å². The zero-order valence-electron chi connectivity index (χ0n) is 15.9. The molecule has 0 saturated heterocycles. The summed E-state index contributed by atoms with van der Waals surface area (Å²) < 4.78 is 15.9. The molecule has 0 radical (unpaired) electrons. The van der Waals surface area contributed by atoms with E-state index in [2.05, 4.69) is 16.4 Å². The first kappa shape index (κ1) is 19.1. The molecule has 1 atom stereocenters. The van der Waals surface area contributed by atoms with Crippen LogP contribution < -0.4 is 19.5 Å². The highest BCUT2D eigenvalue weighted by Gasteiger charge is 2.21. The van der Waals surface area contributed by atoms with Gasteiger partial charge in [0.15, 0.2) is 11.5 Å². The summed E-state index contributed by atoms with van der Waals surface area (Å²) in [4.78, 5) is 15.9. The first-order chi connectivity index (χ1) is 13.6. The number of methoxy groups -OCH3 is 3. The third-order valence-electron chi connectivity index (χ3n) is 4.51. The van der Waals surface area contributed by atoms with Crippen LogP contribution in [0.3, 0.4) is 0 Å². The maximum absolute atomic E-state index is 12.7. The van der Waals surface area contributed by atoms with Crippen molar-refractivity contribution < 1.29 is 19.0 Å². The number of nitrogens with zero attached hydrogens (tertiary/aromatic N) is 1. The monoisotopic (exact) mass is 379 g/mol. The summed E-state index contributed by atoms with van der Waals surface area (Å²) in [7, 11) is 4.50. The van der Waals surface area contributed by atoms with Crippen LogP contribution in [-0.2, 0) is 11.2 Å². The molecule has 3 rings (SSSR count). The van der Waals surface area contributed by atoms with Gasteiger partial charge in [0.05, 0.1) is 27.4 Å². The molecule has 2 aromatic carbocycles. The van der Waals surface area contributed by atoms with Gasteiger partial charge in [-0.1, -0.05) is 12.1 Å². The Hall–Kier alpha value is -3.66. The summed E-state index contributed by atoms with van der Waals surface area (Å²) in [6.07, 6.45) is 2.15. The number of ether oxygens (including phenoxy) is 3. The van der Waals surface area contributed by atoms with Crippen LogP contribution in [0.25, 0.3) is 10.9 Å². The van der Waals surface area contributed by atoms with Gasteiger partial charge in [0.1, 0.15) is 5.92 Å². The minimum atomic E-state index is -0.848. The number of anilines is 1. The lowest BCUT2D eigenvalue weighted by Gasteiger charge is -2.16. The van der Waals surface area contributed by atoms with E-state index in [0.717, 1.165) is 16.5 Å². The third kappa shape index (κ3) is 3.71. The van der Waals surface area contributed by atoms with Crippen molar-refractivity contribution in [1.82, 2.24) is 4.98 Å². The average molecular weight is 379 g/mol. The number of H-pyrrole nitrogens is 1. The number of aromatic amines is 1. The Morgan fingerprint density at radius 2 is 1.86 bits per heavy atom. The zero-order valence-corrected chi connectivity index (χ0v) is 15.9. The number of rotatable bonds is 7. The molecular weight excluding hydrogens is 358 g/mol. The summed E-state index contributed by atoms with van der Waals surface area (Å²) in [5.41, 5.74) is 2.36. The van der Waals surface area contributed by atoms with Gasteiger partial charge < -0.3 is 24.5 Å². The van der Waals surface area contributed by atoms with Crippen LogP contribution in [0.2, 0.25) is 0 Å². The minimum absolute atomic E-state index is 0.307. The maximum Gasteiger partial charge on any atom is 0.242 e. The van der Waals surface area contributed by atoms with Gasteiger partial charge in [-0.25, -0.2) is 0 Å². The minimum Gasteiger partial charge on any atom is -0.493 e. The van der Waals surface area contributed by atoms with Crippen molar-refractivity contribution in [2.24, 2.45) is 5.92 Å². The molecule has 0 spiro atoms. The van der Waals surface area contributed by atoms with Crippen molar-refractivity contribution in [2.45, 2.75) is 6.42 Å². The first-order valence-corrected chi connectivity index (χ1v) is 8.66. The van der Waals surface area contributed by atoms with E-state index >= 15 is 0 Å². The fraction of sp³-hybridized carbons (Fsp3) is 0.238. The number of benzene rings is 2. The molecule has 0 aliphatic carbocycles. The summed E-state index contributed by atoms with van der Waals surface area (Å²) in [5.74, 6) is 0.0216. The van der Waals surface area contributed by atoms with Crippen LogP contribution in [0.1, 0.15) is 5.56 Å². The van der Waals surface area contributed by atoms with Gasteiger partial charge in [-0.15, -0.1) is 0 Å². The Balaban J connectivity index is 1.83. The van der Waals surface area contributed by atoms with E-state index in [4.69, 9.17) is 14.2 Å². The number of carbonyl (C=O) groups excluding carboxylic acids is 1. The summed E-state index contributed by atoms with van der Waals surface area (Å²) >= 11 is 0. The number of nitriles is 1. The molecule has 7 nitrogen and oxygen atoms in total. The van der Waals surface area contributed by atoms with Gasteiger partial charge in [0.2, 0.25) is 11.7 Å². The van der Waals surface area contributed by atoms with Gasteiger partial charge >= 0.3 is 0 Å². The SMILES string of the molecule is COc1cc(NC(=O)[C@H](C#N)Cc2cccc3[nH]ccc23)cc(OC)c1OC. The molecule has 1 amide bonds. The molecule has 28 heavy (non-hydrogen) atoms. The molecule has 0 saturated carbocycles. The van der Waals surface area contributed by atoms with Crippen LogP contribution in [0.4, 0.5) is 5.69 Å². The fourth-order valence-electron chi connectivity index (χ4n) is 3.13. The van der Waals surface area contributed by atoms with Crippen LogP contribution in [-0.4, -0.2) is 32.2 Å². The predicted octanol–water partition coefficient (Wildman–Crippen LogP) is 3.51. The number of amides is 1. The van der Waals surface area contributed by atoms with Crippen molar-refractivity contribution in [3.8, 4) is 23.3 Å². The quantitative estimate of drug-likeness (QED) is 0.655. The number of carbonyl (C=O) groups is 1. The second-order valence-corrected chi connectivity index (χ2v) is 6.15.